The van der Waals surface area contributed by atoms with Gasteiger partial charge in [-0.15, -0.1) is 17.0 Å². The molecule has 1 aromatic carbocycles. The summed E-state index contributed by atoms with van der Waals surface area (Å²) in [6, 6.07) is 7.96. The summed E-state index contributed by atoms with van der Waals surface area (Å²) in [6.45, 7) is 0. The first kappa shape index (κ1) is 15.4. The molecule has 0 aliphatic rings. The van der Waals surface area contributed by atoms with E-state index in [1.807, 2.05) is 18.2 Å². The van der Waals surface area contributed by atoms with Gasteiger partial charge in [0.15, 0.2) is 0 Å². The van der Waals surface area contributed by atoms with Gasteiger partial charge in [0.05, 0.1) is 21.1 Å². The lowest BCUT2D eigenvalue weighted by atomic mass is 10.2. The van der Waals surface area contributed by atoms with E-state index in [1.165, 1.54) is 5.69 Å². The Kier molecular flexibility index (Phi) is 6.67. The van der Waals surface area contributed by atoms with Crippen LogP contribution in [0.1, 0.15) is 0 Å². The zero-order chi connectivity index (χ0) is 8.48. The third-order valence-electron chi connectivity index (χ3n) is 1.64. The van der Waals surface area contributed by atoms with E-state index >= 15 is 0 Å². The molecule has 76 valence electrons. The van der Waals surface area contributed by atoms with Crippen LogP contribution < -0.4 is 27.2 Å². The minimum absolute atomic E-state index is 0. The molecule has 13 heavy (non-hydrogen) atoms. The average molecular weight is 312 g/mol. The minimum Gasteiger partial charge on any atom is -1.00 e. The molecule has 0 aromatic heterocycles. The molecule has 0 heterocycles. The number of hydrogen-bond acceptors (Lipinski definition) is 1. The fourth-order valence-electron chi connectivity index (χ4n) is 0.942. The van der Waals surface area contributed by atoms with Crippen LogP contribution in [0.15, 0.2) is 24.3 Å². The standard InChI is InChI=1S/C9H15N2.2BrH/c1-11(2,3)9-6-4-5-8(10)7-9;;/h4-7H,10H2,1-3H3;2*1H/q+1;;/p-1. The molecule has 2 N–H and O–H groups in total. The van der Waals surface area contributed by atoms with Crippen molar-refractivity contribution >= 4 is 28.4 Å². The van der Waals surface area contributed by atoms with E-state index in [0.717, 1.165) is 10.2 Å². The van der Waals surface area contributed by atoms with Crippen molar-refractivity contribution in [3.63, 3.8) is 0 Å². The highest BCUT2D eigenvalue weighted by atomic mass is 79.9. The average Bonchev–Trinajstić information content (AvgIpc) is 1.86. The highest BCUT2D eigenvalue weighted by molar-refractivity contribution is 8.93. The fourth-order valence-corrected chi connectivity index (χ4v) is 0.942. The topological polar surface area (TPSA) is 26.0 Å². The van der Waals surface area contributed by atoms with Crippen LogP contribution in [-0.2, 0) is 0 Å². The van der Waals surface area contributed by atoms with E-state index in [4.69, 9.17) is 5.73 Å². The first-order valence-corrected chi connectivity index (χ1v) is 3.68. The second-order valence-electron chi connectivity index (χ2n) is 3.61. The third kappa shape index (κ3) is 4.64. The molecule has 0 fully saturated rings. The van der Waals surface area contributed by atoms with E-state index in [9.17, 15) is 0 Å². The Morgan fingerprint density at radius 3 is 2.00 bits per heavy atom. The molecule has 0 bridgehead atoms. The maximum absolute atomic E-state index is 5.65. The molecule has 0 saturated carbocycles. The molecule has 0 aliphatic heterocycles. The van der Waals surface area contributed by atoms with Gasteiger partial charge < -0.3 is 22.7 Å². The zero-order valence-electron chi connectivity index (χ0n) is 8.12. The van der Waals surface area contributed by atoms with Crippen LogP contribution in [-0.4, -0.2) is 21.1 Å². The number of nitrogens with zero attached hydrogens (tertiary/aromatic N) is 1. The van der Waals surface area contributed by atoms with E-state index in [-0.39, 0.29) is 34.0 Å². The molecule has 0 radical (unpaired) electrons. The molecule has 0 amide bonds. The van der Waals surface area contributed by atoms with Crippen molar-refractivity contribution in [2.45, 2.75) is 0 Å². The molecular formula is C9H16Br2N2. The van der Waals surface area contributed by atoms with Crippen LogP contribution >= 0.6 is 17.0 Å². The Morgan fingerprint density at radius 1 is 1.15 bits per heavy atom. The fraction of sp³-hybridized carbons (Fsp3) is 0.333. The van der Waals surface area contributed by atoms with Gasteiger partial charge in [-0.1, -0.05) is 6.07 Å². The smallest absolute Gasteiger partial charge is 0.134 e. The van der Waals surface area contributed by atoms with Gasteiger partial charge in [-0.05, 0) is 12.1 Å². The number of hydrogen-bond donors (Lipinski definition) is 1. The van der Waals surface area contributed by atoms with E-state index in [2.05, 4.69) is 27.2 Å². The molecular weight excluding hydrogens is 296 g/mol. The lowest BCUT2D eigenvalue weighted by Crippen LogP contribution is -3.00. The maximum atomic E-state index is 5.65. The monoisotopic (exact) mass is 310 g/mol. The van der Waals surface area contributed by atoms with Crippen molar-refractivity contribution < 1.29 is 17.0 Å². The van der Waals surface area contributed by atoms with Crippen molar-refractivity contribution in [2.24, 2.45) is 0 Å². The van der Waals surface area contributed by atoms with Crippen molar-refractivity contribution in [3.8, 4) is 0 Å². The molecule has 1 rings (SSSR count). The summed E-state index contributed by atoms with van der Waals surface area (Å²) in [5.74, 6) is 0. The molecule has 0 aliphatic carbocycles. The summed E-state index contributed by atoms with van der Waals surface area (Å²) >= 11 is 0. The molecule has 0 atom stereocenters. The highest BCUT2D eigenvalue weighted by Crippen LogP contribution is 2.18. The van der Waals surface area contributed by atoms with Crippen molar-refractivity contribution in [1.29, 1.82) is 0 Å². The van der Waals surface area contributed by atoms with Gasteiger partial charge in [-0.3, -0.25) is 4.48 Å². The minimum atomic E-state index is 0. The Balaban J connectivity index is 0. The number of nitrogens with two attached hydrogens (primary N) is 1. The summed E-state index contributed by atoms with van der Waals surface area (Å²) in [5.41, 5.74) is 7.70. The van der Waals surface area contributed by atoms with Gasteiger partial charge >= 0.3 is 0 Å². The first-order chi connectivity index (χ1) is 5.00. The Bertz CT molecular complexity index is 256. The number of nitrogen functional groups attached to an aromatic ring is 1. The van der Waals surface area contributed by atoms with Gasteiger partial charge in [0.1, 0.15) is 5.69 Å². The molecule has 0 unspecified atom stereocenters. The maximum Gasteiger partial charge on any atom is 0.134 e. The molecule has 0 saturated heterocycles. The number of quaternary nitrogens is 1. The summed E-state index contributed by atoms with van der Waals surface area (Å²) in [6.07, 6.45) is 0. The van der Waals surface area contributed by atoms with Gasteiger partial charge in [0.25, 0.3) is 0 Å². The number of rotatable bonds is 1. The van der Waals surface area contributed by atoms with Crippen LogP contribution in [0.4, 0.5) is 11.4 Å². The quantitative estimate of drug-likeness (QED) is 0.525. The van der Waals surface area contributed by atoms with Crippen LogP contribution in [0.5, 0.6) is 0 Å². The molecule has 0 spiro atoms. The summed E-state index contributed by atoms with van der Waals surface area (Å²) < 4.78 is 0.811. The number of anilines is 1. The van der Waals surface area contributed by atoms with Crippen molar-refractivity contribution in [1.82, 2.24) is 4.48 Å². The van der Waals surface area contributed by atoms with E-state index < -0.39 is 0 Å². The Hall–Kier alpha value is -0.0600. The predicted molar refractivity (Wildman–Crippen MR) is 60.7 cm³/mol. The Labute approximate surface area is 101 Å². The zero-order valence-corrected chi connectivity index (χ0v) is 11.4. The lowest BCUT2D eigenvalue weighted by molar-refractivity contribution is -0.00000271. The van der Waals surface area contributed by atoms with E-state index in [0.29, 0.717) is 0 Å². The van der Waals surface area contributed by atoms with Crippen LogP contribution in [0, 0.1) is 0 Å². The molecule has 2 nitrogen and oxygen atoms in total. The van der Waals surface area contributed by atoms with Crippen LogP contribution in [0.3, 0.4) is 0 Å². The summed E-state index contributed by atoms with van der Waals surface area (Å²) in [7, 11) is 6.36. The predicted octanol–water partition coefficient (Wildman–Crippen LogP) is -0.953. The second kappa shape index (κ2) is 5.62. The number of benzene rings is 1. The highest BCUT2D eigenvalue weighted by Gasteiger charge is 2.10. The summed E-state index contributed by atoms with van der Waals surface area (Å²) in [5, 5.41) is 0. The van der Waals surface area contributed by atoms with Crippen LogP contribution in [0.2, 0.25) is 0 Å². The SMILES string of the molecule is Br.C[N+](C)(C)c1cccc(N)c1.[Br-]. The lowest BCUT2D eigenvalue weighted by Gasteiger charge is -2.23. The number of halogens is 2. The molecule has 4 heteroatoms. The Morgan fingerprint density at radius 2 is 1.69 bits per heavy atom. The van der Waals surface area contributed by atoms with E-state index in [1.54, 1.807) is 0 Å². The van der Waals surface area contributed by atoms with Crippen LogP contribution in [0.25, 0.3) is 0 Å². The molecule has 1 aromatic rings. The van der Waals surface area contributed by atoms with Crippen molar-refractivity contribution in [3.05, 3.63) is 24.3 Å². The van der Waals surface area contributed by atoms with Gasteiger partial charge in [-0.25, -0.2) is 0 Å². The second-order valence-corrected chi connectivity index (χ2v) is 3.61. The normalized spacial score (nSPS) is 9.77. The van der Waals surface area contributed by atoms with Gasteiger partial charge in [0.2, 0.25) is 0 Å². The van der Waals surface area contributed by atoms with Gasteiger partial charge in [-0.2, -0.15) is 0 Å². The largest absolute Gasteiger partial charge is 1.00 e. The van der Waals surface area contributed by atoms with Gasteiger partial charge in [0, 0.05) is 11.8 Å². The summed E-state index contributed by atoms with van der Waals surface area (Å²) in [4.78, 5) is 0. The van der Waals surface area contributed by atoms with Crippen molar-refractivity contribution in [2.75, 3.05) is 26.9 Å². The first-order valence-electron chi connectivity index (χ1n) is 3.68. The third-order valence-corrected chi connectivity index (χ3v) is 1.64.